The van der Waals surface area contributed by atoms with Crippen molar-refractivity contribution in [2.45, 2.75) is 30.0 Å². The molecule has 0 aromatic carbocycles. The van der Waals surface area contributed by atoms with E-state index in [4.69, 9.17) is 34.8 Å². The van der Waals surface area contributed by atoms with Gasteiger partial charge in [0.2, 0.25) is 0 Å². The van der Waals surface area contributed by atoms with Crippen LogP contribution in [0.5, 0.6) is 0 Å². The van der Waals surface area contributed by atoms with Crippen molar-refractivity contribution in [3.8, 4) is 0 Å². The van der Waals surface area contributed by atoms with Gasteiger partial charge in [0.1, 0.15) is 5.78 Å². The van der Waals surface area contributed by atoms with Gasteiger partial charge in [0.25, 0.3) is 0 Å². The largest absolute Gasteiger partial charge is 0.300 e. The van der Waals surface area contributed by atoms with Gasteiger partial charge < -0.3 is 0 Å². The van der Waals surface area contributed by atoms with Gasteiger partial charge in [-0.1, -0.05) is 41.7 Å². The van der Waals surface area contributed by atoms with Gasteiger partial charge >= 0.3 is 0 Å². The highest BCUT2D eigenvalue weighted by atomic mass is 35.6. The third-order valence-corrected chi connectivity index (χ3v) is 1.65. The molecular formula is C6H9Cl3O. The molecule has 0 unspecified atom stereocenters. The summed E-state index contributed by atoms with van der Waals surface area (Å²) in [5.74, 6) is 0.131. The smallest absolute Gasteiger partial charge is 0.191 e. The molecule has 1 nitrogen and oxygen atoms in total. The van der Waals surface area contributed by atoms with Crippen LogP contribution in [0.1, 0.15) is 26.2 Å². The molecular weight excluding hydrogens is 194 g/mol. The predicted molar refractivity (Wildman–Crippen MR) is 44.8 cm³/mol. The lowest BCUT2D eigenvalue weighted by Gasteiger charge is -2.07. The highest BCUT2D eigenvalue weighted by Gasteiger charge is 2.19. The number of rotatable bonds is 3. The molecule has 4 heteroatoms. The Kier molecular flexibility index (Phi) is 4.66. The van der Waals surface area contributed by atoms with E-state index >= 15 is 0 Å². The van der Waals surface area contributed by atoms with Crippen LogP contribution in [-0.4, -0.2) is 9.58 Å². The molecule has 0 spiro atoms. The normalized spacial score (nSPS) is 11.6. The summed E-state index contributed by atoms with van der Waals surface area (Å²) >= 11 is 16.2. The first-order valence-electron chi connectivity index (χ1n) is 3.04. The number of halogens is 3. The molecule has 60 valence electrons. The van der Waals surface area contributed by atoms with Gasteiger partial charge in [-0.2, -0.15) is 0 Å². The van der Waals surface area contributed by atoms with Gasteiger partial charge in [-0.25, -0.2) is 0 Å². The third kappa shape index (κ3) is 6.66. The Hall–Kier alpha value is 0.540. The maximum atomic E-state index is 10.7. The molecule has 0 bridgehead atoms. The first-order valence-corrected chi connectivity index (χ1v) is 4.17. The minimum atomic E-state index is -1.27. The van der Waals surface area contributed by atoms with E-state index in [0.717, 1.165) is 0 Å². The number of hydrogen-bond donors (Lipinski definition) is 0. The van der Waals surface area contributed by atoms with Gasteiger partial charge in [0.05, 0.1) is 0 Å². The Bertz CT molecular complexity index is 117. The average Bonchev–Trinajstić information content (AvgIpc) is 1.81. The third-order valence-electron chi connectivity index (χ3n) is 1.08. The molecule has 0 aliphatic rings. The summed E-state index contributed by atoms with van der Waals surface area (Å²) in [6, 6.07) is 0. The van der Waals surface area contributed by atoms with E-state index in [9.17, 15) is 4.79 Å². The van der Waals surface area contributed by atoms with Crippen molar-refractivity contribution in [2.75, 3.05) is 0 Å². The minimum absolute atomic E-state index is 0.131. The summed E-state index contributed by atoms with van der Waals surface area (Å²) < 4.78 is -1.27. The van der Waals surface area contributed by atoms with Crippen LogP contribution in [0.4, 0.5) is 0 Å². The molecule has 0 aliphatic heterocycles. The highest BCUT2D eigenvalue weighted by molar-refractivity contribution is 6.67. The lowest BCUT2D eigenvalue weighted by atomic mass is 10.2. The molecule has 0 aromatic heterocycles. The molecule has 0 rings (SSSR count). The van der Waals surface area contributed by atoms with E-state index in [1.54, 1.807) is 6.92 Å². The molecule has 0 amide bonds. The monoisotopic (exact) mass is 202 g/mol. The maximum Gasteiger partial charge on any atom is 0.191 e. The number of ketones is 1. The van der Waals surface area contributed by atoms with Crippen LogP contribution in [0.15, 0.2) is 0 Å². The van der Waals surface area contributed by atoms with Crippen LogP contribution >= 0.6 is 34.8 Å². The van der Waals surface area contributed by atoms with E-state index in [1.807, 2.05) is 0 Å². The van der Waals surface area contributed by atoms with Crippen molar-refractivity contribution in [1.82, 2.24) is 0 Å². The summed E-state index contributed by atoms with van der Waals surface area (Å²) in [6.07, 6.45) is 1.18. The van der Waals surface area contributed by atoms with Crippen LogP contribution in [-0.2, 0) is 4.79 Å². The van der Waals surface area contributed by atoms with Crippen LogP contribution in [0.3, 0.4) is 0 Å². The quantitative estimate of drug-likeness (QED) is 0.644. The van der Waals surface area contributed by atoms with Gasteiger partial charge in [0.15, 0.2) is 3.79 Å². The van der Waals surface area contributed by atoms with E-state index in [0.29, 0.717) is 19.3 Å². The van der Waals surface area contributed by atoms with Crippen LogP contribution in [0, 0.1) is 0 Å². The second-order valence-electron chi connectivity index (χ2n) is 2.01. The van der Waals surface area contributed by atoms with Crippen molar-refractivity contribution in [2.24, 2.45) is 0 Å². The number of carbonyl (C=O) groups is 1. The zero-order valence-electron chi connectivity index (χ0n) is 5.66. The molecule has 10 heavy (non-hydrogen) atoms. The molecule has 0 saturated carbocycles. The summed E-state index contributed by atoms with van der Waals surface area (Å²) in [4.78, 5) is 10.7. The van der Waals surface area contributed by atoms with Gasteiger partial charge in [0, 0.05) is 19.3 Å². The summed E-state index contributed by atoms with van der Waals surface area (Å²) in [5.41, 5.74) is 0. The van der Waals surface area contributed by atoms with E-state index in [-0.39, 0.29) is 5.78 Å². The summed E-state index contributed by atoms with van der Waals surface area (Å²) in [7, 11) is 0. The van der Waals surface area contributed by atoms with Gasteiger partial charge in [-0.15, -0.1) is 0 Å². The highest BCUT2D eigenvalue weighted by Crippen LogP contribution is 2.31. The topological polar surface area (TPSA) is 17.1 Å². The zero-order valence-corrected chi connectivity index (χ0v) is 7.93. The second-order valence-corrected chi connectivity index (χ2v) is 4.52. The fraction of sp³-hybridized carbons (Fsp3) is 0.833. The first-order chi connectivity index (χ1) is 4.45. The van der Waals surface area contributed by atoms with Crippen LogP contribution in [0.25, 0.3) is 0 Å². The molecule has 0 aliphatic carbocycles. The van der Waals surface area contributed by atoms with Crippen molar-refractivity contribution < 1.29 is 4.79 Å². The molecule has 0 saturated heterocycles. The fourth-order valence-electron chi connectivity index (χ4n) is 0.458. The minimum Gasteiger partial charge on any atom is -0.300 e. The lowest BCUT2D eigenvalue weighted by molar-refractivity contribution is -0.118. The lowest BCUT2D eigenvalue weighted by Crippen LogP contribution is -2.05. The predicted octanol–water partition coefficient (Wildman–Crippen LogP) is 3.12. The van der Waals surface area contributed by atoms with E-state index in [1.165, 1.54) is 0 Å². The second kappa shape index (κ2) is 4.42. The van der Waals surface area contributed by atoms with Gasteiger partial charge in [-0.3, -0.25) is 4.79 Å². The number of hydrogen-bond acceptors (Lipinski definition) is 1. The Labute approximate surface area is 75.6 Å². The molecule has 0 atom stereocenters. The molecule has 0 heterocycles. The standard InChI is InChI=1S/C6H9Cl3O/c1-2-5(10)3-4-6(7,8)9/h2-4H2,1H3. The Morgan fingerprint density at radius 1 is 1.40 bits per heavy atom. The van der Waals surface area contributed by atoms with Crippen LogP contribution in [0.2, 0.25) is 0 Å². The molecule has 0 aromatic rings. The summed E-state index contributed by atoms with van der Waals surface area (Å²) in [5, 5.41) is 0. The van der Waals surface area contributed by atoms with E-state index < -0.39 is 3.79 Å². The molecule has 0 radical (unpaired) electrons. The Morgan fingerprint density at radius 2 is 1.90 bits per heavy atom. The van der Waals surface area contributed by atoms with Crippen molar-refractivity contribution in [1.29, 1.82) is 0 Å². The molecule has 0 N–H and O–H groups in total. The van der Waals surface area contributed by atoms with Crippen molar-refractivity contribution in [3.05, 3.63) is 0 Å². The Balaban J connectivity index is 3.46. The summed E-state index contributed by atoms with van der Waals surface area (Å²) in [6.45, 7) is 1.79. The number of alkyl halides is 3. The maximum absolute atomic E-state index is 10.7. The van der Waals surface area contributed by atoms with E-state index in [2.05, 4.69) is 0 Å². The van der Waals surface area contributed by atoms with Crippen molar-refractivity contribution >= 4 is 40.6 Å². The van der Waals surface area contributed by atoms with Gasteiger partial charge in [-0.05, 0) is 0 Å². The average molecular weight is 203 g/mol. The van der Waals surface area contributed by atoms with Crippen molar-refractivity contribution in [3.63, 3.8) is 0 Å². The number of Topliss-reactive ketones (excluding diaryl/α,β-unsaturated/α-hetero) is 1. The zero-order chi connectivity index (χ0) is 8.20. The molecule has 0 fully saturated rings. The Morgan fingerprint density at radius 3 is 2.20 bits per heavy atom. The fourth-order valence-corrected chi connectivity index (χ4v) is 0.741. The number of carbonyl (C=O) groups excluding carboxylic acids is 1. The SMILES string of the molecule is CCC(=O)CCC(Cl)(Cl)Cl. The van der Waals surface area contributed by atoms with Crippen LogP contribution < -0.4 is 0 Å². The first kappa shape index (κ1) is 10.5.